The molecule has 0 saturated carbocycles. The molecular formula is C14H20N2O4S. The SMILES string of the molecule is CCS(=O)CCNCC(=O)Nc1ccc2c(c1)OCCO2. The Kier molecular flexibility index (Phi) is 6.01. The summed E-state index contributed by atoms with van der Waals surface area (Å²) in [6.45, 7) is 3.69. The Morgan fingerprint density at radius 3 is 2.81 bits per heavy atom. The van der Waals surface area contributed by atoms with E-state index in [0.717, 1.165) is 0 Å². The van der Waals surface area contributed by atoms with Crippen molar-refractivity contribution < 1.29 is 18.5 Å². The Morgan fingerprint density at radius 1 is 1.29 bits per heavy atom. The third-order valence-electron chi connectivity index (χ3n) is 2.94. The minimum absolute atomic E-state index is 0.144. The molecule has 21 heavy (non-hydrogen) atoms. The predicted molar refractivity (Wildman–Crippen MR) is 82.5 cm³/mol. The molecule has 0 radical (unpaired) electrons. The van der Waals surface area contributed by atoms with E-state index >= 15 is 0 Å². The maximum absolute atomic E-state index is 11.8. The van der Waals surface area contributed by atoms with Crippen molar-refractivity contribution in [3.63, 3.8) is 0 Å². The average Bonchev–Trinajstić information content (AvgIpc) is 2.51. The number of anilines is 1. The second kappa shape index (κ2) is 7.99. The molecule has 0 saturated heterocycles. The molecule has 7 heteroatoms. The summed E-state index contributed by atoms with van der Waals surface area (Å²) in [5.41, 5.74) is 0.670. The van der Waals surface area contributed by atoms with E-state index in [-0.39, 0.29) is 12.5 Å². The number of carbonyl (C=O) groups excluding carboxylic acids is 1. The maximum Gasteiger partial charge on any atom is 0.238 e. The third kappa shape index (κ3) is 5.02. The first-order chi connectivity index (χ1) is 10.2. The topological polar surface area (TPSA) is 76.7 Å². The fraction of sp³-hybridized carbons (Fsp3) is 0.500. The molecule has 116 valence electrons. The van der Waals surface area contributed by atoms with Crippen LogP contribution in [-0.2, 0) is 15.6 Å². The van der Waals surface area contributed by atoms with Gasteiger partial charge in [0.2, 0.25) is 5.91 Å². The lowest BCUT2D eigenvalue weighted by molar-refractivity contribution is -0.115. The van der Waals surface area contributed by atoms with Crippen molar-refractivity contribution >= 4 is 22.4 Å². The molecular weight excluding hydrogens is 292 g/mol. The number of ether oxygens (including phenoxy) is 2. The summed E-state index contributed by atoms with van der Waals surface area (Å²) in [5.74, 6) is 2.40. The standard InChI is InChI=1S/C14H20N2O4S/c1-2-21(18)8-5-15-10-14(17)16-11-3-4-12-13(9-11)20-7-6-19-12/h3-4,9,15H,2,5-8,10H2,1H3,(H,16,17). The van der Waals surface area contributed by atoms with E-state index in [1.165, 1.54) is 0 Å². The quantitative estimate of drug-likeness (QED) is 0.727. The molecule has 6 nitrogen and oxygen atoms in total. The highest BCUT2D eigenvalue weighted by molar-refractivity contribution is 7.84. The maximum atomic E-state index is 11.8. The van der Waals surface area contributed by atoms with Crippen LogP contribution in [0.5, 0.6) is 11.5 Å². The molecule has 0 aliphatic carbocycles. The van der Waals surface area contributed by atoms with E-state index in [9.17, 15) is 9.00 Å². The summed E-state index contributed by atoms with van der Waals surface area (Å²) in [6, 6.07) is 5.30. The molecule has 1 heterocycles. The van der Waals surface area contributed by atoms with E-state index in [0.29, 0.717) is 48.5 Å². The van der Waals surface area contributed by atoms with Gasteiger partial charge >= 0.3 is 0 Å². The molecule has 2 rings (SSSR count). The number of nitrogens with one attached hydrogen (secondary N) is 2. The van der Waals surface area contributed by atoms with Gasteiger partial charge in [0.1, 0.15) is 13.2 Å². The highest BCUT2D eigenvalue weighted by Gasteiger charge is 2.12. The van der Waals surface area contributed by atoms with Crippen LogP contribution in [0.3, 0.4) is 0 Å². The molecule has 1 aromatic rings. The predicted octanol–water partition coefficient (Wildman–Crippen LogP) is 0.754. The lowest BCUT2D eigenvalue weighted by Crippen LogP contribution is -2.31. The van der Waals surface area contributed by atoms with Gasteiger partial charge in [-0.1, -0.05) is 6.92 Å². The summed E-state index contributed by atoms with van der Waals surface area (Å²) in [4.78, 5) is 11.8. The Morgan fingerprint density at radius 2 is 2.05 bits per heavy atom. The molecule has 1 aromatic carbocycles. The van der Waals surface area contributed by atoms with Crippen molar-refractivity contribution in [3.8, 4) is 11.5 Å². The highest BCUT2D eigenvalue weighted by Crippen LogP contribution is 2.32. The van der Waals surface area contributed by atoms with Crippen LogP contribution in [-0.4, -0.2) is 47.9 Å². The zero-order chi connectivity index (χ0) is 15.1. The van der Waals surface area contributed by atoms with Gasteiger partial charge in [0.25, 0.3) is 0 Å². The van der Waals surface area contributed by atoms with Crippen LogP contribution in [0.4, 0.5) is 5.69 Å². The normalized spacial score (nSPS) is 14.5. The summed E-state index contributed by atoms with van der Waals surface area (Å²) in [6.07, 6.45) is 0. The first kappa shape index (κ1) is 15.8. The van der Waals surface area contributed by atoms with Crippen LogP contribution >= 0.6 is 0 Å². The minimum Gasteiger partial charge on any atom is -0.486 e. The Labute approximate surface area is 126 Å². The van der Waals surface area contributed by atoms with Crippen molar-refractivity contribution in [1.82, 2.24) is 5.32 Å². The molecule has 0 bridgehead atoms. The van der Waals surface area contributed by atoms with E-state index in [4.69, 9.17) is 9.47 Å². The number of benzene rings is 1. The zero-order valence-corrected chi connectivity index (χ0v) is 12.8. The monoisotopic (exact) mass is 312 g/mol. The van der Waals surface area contributed by atoms with E-state index in [1.807, 2.05) is 6.92 Å². The number of fused-ring (bicyclic) bond motifs is 1. The molecule has 0 aromatic heterocycles. The van der Waals surface area contributed by atoms with Gasteiger partial charge < -0.3 is 20.1 Å². The second-order valence-electron chi connectivity index (χ2n) is 4.52. The van der Waals surface area contributed by atoms with Crippen molar-refractivity contribution in [2.75, 3.05) is 43.1 Å². The fourth-order valence-corrected chi connectivity index (χ4v) is 2.52. The number of rotatable bonds is 7. The van der Waals surface area contributed by atoms with Gasteiger partial charge in [0.05, 0.1) is 6.54 Å². The highest BCUT2D eigenvalue weighted by atomic mass is 32.2. The van der Waals surface area contributed by atoms with Gasteiger partial charge in [-0.3, -0.25) is 9.00 Å². The van der Waals surface area contributed by atoms with Crippen molar-refractivity contribution in [2.24, 2.45) is 0 Å². The van der Waals surface area contributed by atoms with Crippen molar-refractivity contribution in [3.05, 3.63) is 18.2 Å². The number of hydrogen-bond donors (Lipinski definition) is 2. The van der Waals surface area contributed by atoms with E-state index in [2.05, 4.69) is 10.6 Å². The van der Waals surface area contributed by atoms with Gasteiger partial charge in [0, 0.05) is 40.6 Å². The molecule has 0 spiro atoms. The first-order valence-electron chi connectivity index (χ1n) is 6.94. The Balaban J connectivity index is 1.76. The summed E-state index contributed by atoms with van der Waals surface area (Å²) in [7, 11) is -0.806. The molecule has 1 atom stereocenters. The van der Waals surface area contributed by atoms with Gasteiger partial charge in [0.15, 0.2) is 11.5 Å². The van der Waals surface area contributed by atoms with E-state index < -0.39 is 10.8 Å². The number of hydrogen-bond acceptors (Lipinski definition) is 5. The van der Waals surface area contributed by atoms with Crippen LogP contribution in [0.25, 0.3) is 0 Å². The molecule has 1 amide bonds. The molecule has 2 N–H and O–H groups in total. The van der Waals surface area contributed by atoms with Gasteiger partial charge in [-0.15, -0.1) is 0 Å². The summed E-state index contributed by atoms with van der Waals surface area (Å²) >= 11 is 0. The zero-order valence-electron chi connectivity index (χ0n) is 12.0. The third-order valence-corrected chi connectivity index (χ3v) is 4.24. The second-order valence-corrected chi connectivity index (χ2v) is 6.38. The van der Waals surface area contributed by atoms with Crippen LogP contribution < -0.4 is 20.1 Å². The van der Waals surface area contributed by atoms with Gasteiger partial charge in [-0.2, -0.15) is 0 Å². The lowest BCUT2D eigenvalue weighted by Gasteiger charge is -2.19. The lowest BCUT2D eigenvalue weighted by atomic mass is 10.2. The van der Waals surface area contributed by atoms with Gasteiger partial charge in [-0.05, 0) is 12.1 Å². The Hall–Kier alpha value is -1.60. The smallest absolute Gasteiger partial charge is 0.238 e. The minimum atomic E-state index is -0.806. The molecule has 0 fully saturated rings. The van der Waals surface area contributed by atoms with Crippen LogP contribution in [0.1, 0.15) is 6.92 Å². The molecule has 1 unspecified atom stereocenters. The summed E-state index contributed by atoms with van der Waals surface area (Å²) < 4.78 is 22.1. The average molecular weight is 312 g/mol. The molecule has 1 aliphatic heterocycles. The van der Waals surface area contributed by atoms with Crippen molar-refractivity contribution in [1.29, 1.82) is 0 Å². The number of amides is 1. The van der Waals surface area contributed by atoms with Crippen LogP contribution in [0.15, 0.2) is 18.2 Å². The largest absolute Gasteiger partial charge is 0.486 e. The molecule has 1 aliphatic rings. The van der Waals surface area contributed by atoms with Gasteiger partial charge in [-0.25, -0.2) is 0 Å². The van der Waals surface area contributed by atoms with E-state index in [1.54, 1.807) is 18.2 Å². The Bertz CT molecular complexity index is 522. The number of carbonyl (C=O) groups is 1. The first-order valence-corrected chi connectivity index (χ1v) is 8.43. The van der Waals surface area contributed by atoms with Crippen LogP contribution in [0, 0.1) is 0 Å². The van der Waals surface area contributed by atoms with Crippen LogP contribution in [0.2, 0.25) is 0 Å². The fourth-order valence-electron chi connectivity index (χ4n) is 1.86. The summed E-state index contributed by atoms with van der Waals surface area (Å²) in [5, 5.41) is 5.75. The van der Waals surface area contributed by atoms with Crippen molar-refractivity contribution in [2.45, 2.75) is 6.92 Å².